The van der Waals surface area contributed by atoms with Crippen molar-refractivity contribution in [2.75, 3.05) is 12.8 Å². The van der Waals surface area contributed by atoms with Gasteiger partial charge in [0.1, 0.15) is 0 Å². The van der Waals surface area contributed by atoms with Gasteiger partial charge in [0.15, 0.2) is 5.78 Å². The lowest BCUT2D eigenvalue weighted by molar-refractivity contribution is -0.139. The molecule has 8 nitrogen and oxygen atoms in total. The fraction of sp³-hybridized carbons (Fsp3) is 0.840. The predicted molar refractivity (Wildman–Crippen MR) is 130 cm³/mol. The molecule has 9 N–H and O–H groups in total. The van der Waals surface area contributed by atoms with Crippen LogP contribution in [0.2, 0.25) is 0 Å². The molecule has 8 heteroatoms. The SMILES string of the molecule is CNC1C[C@]2(C)[C@@H](C(=O)Cn3cc(N)cn3)CC[C@H]2[C@]2(N)CC[C@]3(N)C[C@@H](C)CC[C@]3(N)[C@@H]12. The lowest BCUT2D eigenvalue weighted by atomic mass is 9.41. The van der Waals surface area contributed by atoms with E-state index in [2.05, 4.69) is 24.3 Å². The molecule has 0 radical (unpaired) electrons. The van der Waals surface area contributed by atoms with E-state index in [0.29, 0.717) is 11.6 Å². The van der Waals surface area contributed by atoms with Crippen LogP contribution >= 0.6 is 0 Å². The Bertz CT molecular complexity index is 934. The van der Waals surface area contributed by atoms with E-state index in [1.54, 1.807) is 17.1 Å². The Morgan fingerprint density at radius 3 is 2.61 bits per heavy atom. The quantitative estimate of drug-likeness (QED) is 0.458. The van der Waals surface area contributed by atoms with Crippen molar-refractivity contribution in [2.45, 2.75) is 94.4 Å². The molecule has 0 aromatic carbocycles. The molecule has 0 amide bonds. The summed E-state index contributed by atoms with van der Waals surface area (Å²) in [5.74, 6) is 1.18. The van der Waals surface area contributed by atoms with Gasteiger partial charge in [-0.3, -0.25) is 9.48 Å². The van der Waals surface area contributed by atoms with E-state index < -0.39 is 11.1 Å². The van der Waals surface area contributed by atoms with Crippen LogP contribution < -0.4 is 28.3 Å². The molecule has 0 saturated heterocycles. The Kier molecular flexibility index (Phi) is 5.29. The van der Waals surface area contributed by atoms with Crippen LogP contribution in [0, 0.1) is 29.1 Å². The number of carbonyl (C=O) groups excluding carboxylic acids is 1. The number of nitrogens with zero attached hydrogens (tertiary/aromatic N) is 2. The molecule has 184 valence electrons. The molecule has 0 bridgehead atoms. The van der Waals surface area contributed by atoms with Gasteiger partial charge in [-0.2, -0.15) is 5.10 Å². The summed E-state index contributed by atoms with van der Waals surface area (Å²) in [7, 11) is 2.02. The van der Waals surface area contributed by atoms with Crippen LogP contribution in [0.25, 0.3) is 0 Å². The highest BCUT2D eigenvalue weighted by molar-refractivity contribution is 5.82. The van der Waals surface area contributed by atoms with Crippen LogP contribution in [-0.2, 0) is 11.3 Å². The predicted octanol–water partition coefficient (Wildman–Crippen LogP) is 1.38. The number of aromatic nitrogens is 2. The molecular formula is C25H43N7O. The number of rotatable bonds is 4. The average molecular weight is 458 g/mol. The molecule has 1 aromatic rings. The highest BCUT2D eigenvalue weighted by Gasteiger charge is 2.71. The molecule has 4 fully saturated rings. The number of hydrogen-bond acceptors (Lipinski definition) is 7. The van der Waals surface area contributed by atoms with E-state index >= 15 is 0 Å². The standard InChI is InChI=1S/C25H43N7O/c1-15-6-7-25(29)21-18(30-3)11-22(2)17(19(33)14-32-13-16(26)12-31-32)4-5-20(22)24(21,28)9-8-23(25,27)10-15/h12-13,15,17-18,20-21,30H,4-11,14,26-29H2,1-3H3/t15-,17+,18?,20+,21-,22+,23-,24+,25-/m0/s1. The van der Waals surface area contributed by atoms with Crippen LogP contribution in [0.4, 0.5) is 5.69 Å². The van der Waals surface area contributed by atoms with Gasteiger partial charge >= 0.3 is 0 Å². The Hall–Kier alpha value is -1.48. The topological polar surface area (TPSA) is 151 Å². The van der Waals surface area contributed by atoms with Crippen molar-refractivity contribution in [1.82, 2.24) is 15.1 Å². The first-order valence-corrected chi connectivity index (χ1v) is 12.8. The van der Waals surface area contributed by atoms with Gasteiger partial charge in [0.2, 0.25) is 0 Å². The highest BCUT2D eigenvalue weighted by Crippen LogP contribution is 2.66. The van der Waals surface area contributed by atoms with Gasteiger partial charge in [0.05, 0.1) is 18.4 Å². The normalized spacial score (nSPS) is 49.2. The van der Waals surface area contributed by atoms with Crippen molar-refractivity contribution in [2.24, 2.45) is 46.3 Å². The first-order valence-electron chi connectivity index (χ1n) is 12.8. The van der Waals surface area contributed by atoms with Gasteiger partial charge in [-0.05, 0) is 75.7 Å². The van der Waals surface area contributed by atoms with E-state index in [1.807, 2.05) is 7.05 Å². The molecule has 1 unspecified atom stereocenters. The Balaban J connectivity index is 1.48. The third-order valence-corrected chi connectivity index (χ3v) is 10.6. The second kappa shape index (κ2) is 7.51. The van der Waals surface area contributed by atoms with Crippen molar-refractivity contribution in [3.63, 3.8) is 0 Å². The number of nitrogens with one attached hydrogen (secondary N) is 1. The first-order chi connectivity index (χ1) is 15.5. The maximum Gasteiger partial charge on any atom is 0.157 e. The molecule has 1 heterocycles. The fourth-order valence-corrected chi connectivity index (χ4v) is 9.18. The number of Topliss-reactive ketones (excluding diaryl/α,β-unsaturated/α-hetero) is 1. The first kappa shape index (κ1) is 23.3. The van der Waals surface area contributed by atoms with Crippen LogP contribution in [0.1, 0.15) is 65.2 Å². The summed E-state index contributed by atoms with van der Waals surface area (Å²) in [6.07, 6.45) is 10.8. The summed E-state index contributed by atoms with van der Waals surface area (Å²) in [6, 6.07) is 0.145. The van der Waals surface area contributed by atoms with Crippen LogP contribution in [0.15, 0.2) is 12.4 Å². The lowest BCUT2D eigenvalue weighted by Gasteiger charge is -2.70. The van der Waals surface area contributed by atoms with Crippen LogP contribution in [0.3, 0.4) is 0 Å². The number of carbonyl (C=O) groups is 1. The van der Waals surface area contributed by atoms with Crippen molar-refractivity contribution >= 4 is 11.5 Å². The molecule has 5 rings (SSSR count). The summed E-state index contributed by atoms with van der Waals surface area (Å²) in [4.78, 5) is 13.5. The Labute approximate surface area is 197 Å². The molecular weight excluding hydrogens is 414 g/mol. The lowest BCUT2D eigenvalue weighted by Crippen LogP contribution is -2.85. The number of hydrogen-bond donors (Lipinski definition) is 5. The zero-order chi connectivity index (χ0) is 23.8. The third kappa shape index (κ3) is 3.17. The van der Waals surface area contributed by atoms with E-state index in [1.165, 1.54) is 0 Å². The van der Waals surface area contributed by atoms with Crippen LogP contribution in [0.5, 0.6) is 0 Å². The molecule has 0 aliphatic heterocycles. The van der Waals surface area contributed by atoms with Crippen molar-refractivity contribution in [3.05, 3.63) is 12.4 Å². The average Bonchev–Trinajstić information content (AvgIpc) is 3.31. The van der Waals surface area contributed by atoms with E-state index in [4.69, 9.17) is 22.9 Å². The molecule has 4 aliphatic carbocycles. The summed E-state index contributed by atoms with van der Waals surface area (Å²) < 4.78 is 1.66. The molecule has 4 saturated carbocycles. The summed E-state index contributed by atoms with van der Waals surface area (Å²) >= 11 is 0. The van der Waals surface area contributed by atoms with Gasteiger partial charge in [-0.1, -0.05) is 13.8 Å². The zero-order valence-electron chi connectivity index (χ0n) is 20.5. The minimum absolute atomic E-state index is 0.0326. The van der Waals surface area contributed by atoms with Gasteiger partial charge in [0.25, 0.3) is 0 Å². The minimum atomic E-state index is -0.476. The Morgan fingerprint density at radius 2 is 1.94 bits per heavy atom. The number of fused-ring (bicyclic) bond motifs is 5. The van der Waals surface area contributed by atoms with Gasteiger partial charge in [-0.25, -0.2) is 0 Å². The van der Waals surface area contributed by atoms with E-state index in [0.717, 1.165) is 51.4 Å². The summed E-state index contributed by atoms with van der Waals surface area (Å²) in [6.45, 7) is 4.86. The fourth-order valence-electron chi connectivity index (χ4n) is 9.18. The van der Waals surface area contributed by atoms with Gasteiger partial charge < -0.3 is 28.3 Å². The number of ketones is 1. The maximum absolute atomic E-state index is 13.5. The summed E-state index contributed by atoms with van der Waals surface area (Å²) in [5.41, 5.74) is 26.9. The third-order valence-electron chi connectivity index (χ3n) is 10.6. The van der Waals surface area contributed by atoms with Crippen LogP contribution in [-0.4, -0.2) is 45.3 Å². The smallest absolute Gasteiger partial charge is 0.157 e. The van der Waals surface area contributed by atoms with Crippen molar-refractivity contribution in [3.8, 4) is 0 Å². The second-order valence-corrected chi connectivity index (χ2v) is 12.4. The van der Waals surface area contributed by atoms with Gasteiger partial charge in [0, 0.05) is 40.7 Å². The largest absolute Gasteiger partial charge is 0.396 e. The number of nitrogens with two attached hydrogens (primary N) is 4. The highest BCUT2D eigenvalue weighted by atomic mass is 16.1. The van der Waals surface area contributed by atoms with Crippen molar-refractivity contribution < 1.29 is 4.79 Å². The van der Waals surface area contributed by atoms with Crippen molar-refractivity contribution in [1.29, 1.82) is 0 Å². The molecule has 1 aromatic heterocycles. The maximum atomic E-state index is 13.5. The zero-order valence-corrected chi connectivity index (χ0v) is 20.5. The number of nitrogen functional groups attached to an aromatic ring is 1. The molecule has 4 aliphatic rings. The second-order valence-electron chi connectivity index (χ2n) is 12.4. The van der Waals surface area contributed by atoms with Gasteiger partial charge in [-0.15, -0.1) is 0 Å². The van der Waals surface area contributed by atoms with E-state index in [-0.39, 0.29) is 47.1 Å². The minimum Gasteiger partial charge on any atom is -0.396 e. The van der Waals surface area contributed by atoms with E-state index in [9.17, 15) is 4.79 Å². The Morgan fingerprint density at radius 1 is 1.18 bits per heavy atom. The molecule has 0 spiro atoms. The molecule has 33 heavy (non-hydrogen) atoms. The monoisotopic (exact) mass is 457 g/mol. The molecule has 9 atom stereocenters. The number of anilines is 1. The summed E-state index contributed by atoms with van der Waals surface area (Å²) in [5, 5.41) is 7.84.